The molecule has 1 N–H and O–H groups in total. The Labute approximate surface area is 200 Å². The number of aromatic nitrogens is 2. The lowest BCUT2D eigenvalue weighted by Gasteiger charge is -2.20. The van der Waals surface area contributed by atoms with Crippen molar-refractivity contribution in [3.05, 3.63) is 82.2 Å². The fourth-order valence-electron chi connectivity index (χ4n) is 3.57. The van der Waals surface area contributed by atoms with E-state index in [-0.39, 0.29) is 24.9 Å². The van der Waals surface area contributed by atoms with Gasteiger partial charge in [0.2, 0.25) is 5.88 Å². The van der Waals surface area contributed by atoms with Crippen molar-refractivity contribution in [2.24, 2.45) is 0 Å². The molecule has 2 aromatic carbocycles. The predicted molar refractivity (Wildman–Crippen MR) is 128 cm³/mol. The number of carbonyl (C=O) groups excluding carboxylic acids is 1. The van der Waals surface area contributed by atoms with Crippen LogP contribution in [0.15, 0.2) is 54.6 Å². The molecule has 1 unspecified atom stereocenters. The van der Waals surface area contributed by atoms with Gasteiger partial charge in [0.25, 0.3) is 5.91 Å². The standard InChI is InChI=1S/C25H24FN3O4S/c1-15-21-24(32-3)28-20(14-31-2)29-25(21)34-22(15)23(30)27-18(16-9-5-4-6-10-16)13-33-19-12-8-7-11-17(19)26/h4-12,18H,13-14H2,1-3H3,(H,27,30). The van der Waals surface area contributed by atoms with Gasteiger partial charge in [0, 0.05) is 7.11 Å². The number of rotatable bonds is 9. The minimum absolute atomic E-state index is 0.0573. The normalized spacial score (nSPS) is 11.9. The summed E-state index contributed by atoms with van der Waals surface area (Å²) in [6.45, 7) is 2.12. The number of halogens is 1. The number of hydrogen-bond donors (Lipinski definition) is 1. The molecule has 0 aliphatic heterocycles. The third-order valence-electron chi connectivity index (χ3n) is 5.23. The number of benzene rings is 2. The van der Waals surface area contributed by atoms with Crippen LogP contribution in [0.2, 0.25) is 0 Å². The molecule has 0 aliphatic rings. The van der Waals surface area contributed by atoms with Gasteiger partial charge in [-0.2, -0.15) is 4.98 Å². The molecule has 0 radical (unpaired) electrons. The zero-order chi connectivity index (χ0) is 24.1. The van der Waals surface area contributed by atoms with Crippen LogP contribution in [0.3, 0.4) is 0 Å². The Balaban J connectivity index is 1.63. The summed E-state index contributed by atoms with van der Waals surface area (Å²) in [7, 11) is 3.09. The van der Waals surface area contributed by atoms with Crippen LogP contribution in [0.4, 0.5) is 4.39 Å². The number of carbonyl (C=O) groups is 1. The SMILES string of the molecule is COCc1nc(OC)c2c(C)c(C(=O)NC(COc3ccccc3F)c3ccccc3)sc2n1. The highest BCUT2D eigenvalue weighted by atomic mass is 32.1. The van der Waals surface area contributed by atoms with E-state index in [0.717, 1.165) is 11.1 Å². The van der Waals surface area contributed by atoms with E-state index < -0.39 is 11.9 Å². The maximum Gasteiger partial charge on any atom is 0.262 e. The second kappa shape index (κ2) is 10.6. The topological polar surface area (TPSA) is 82.6 Å². The Morgan fingerprint density at radius 3 is 2.53 bits per heavy atom. The van der Waals surface area contributed by atoms with E-state index in [1.165, 1.54) is 24.5 Å². The summed E-state index contributed by atoms with van der Waals surface area (Å²) in [6, 6.07) is 15.1. The number of ether oxygens (including phenoxy) is 3. The number of methoxy groups -OCH3 is 2. The van der Waals surface area contributed by atoms with Gasteiger partial charge in [-0.3, -0.25) is 4.79 Å². The largest absolute Gasteiger partial charge is 0.488 e. The first-order valence-corrected chi connectivity index (χ1v) is 11.4. The first kappa shape index (κ1) is 23.6. The quantitative estimate of drug-likeness (QED) is 0.368. The van der Waals surface area contributed by atoms with E-state index in [4.69, 9.17) is 14.2 Å². The Bertz CT molecular complexity index is 1300. The molecule has 7 nitrogen and oxygen atoms in total. The summed E-state index contributed by atoms with van der Waals surface area (Å²) < 4.78 is 30.4. The van der Waals surface area contributed by atoms with Crippen molar-refractivity contribution < 1.29 is 23.4 Å². The molecule has 0 saturated carbocycles. The van der Waals surface area contributed by atoms with Crippen LogP contribution < -0.4 is 14.8 Å². The number of aryl methyl sites for hydroxylation is 1. The number of thiophene rings is 1. The van der Waals surface area contributed by atoms with Gasteiger partial charge in [-0.15, -0.1) is 11.3 Å². The van der Waals surface area contributed by atoms with Gasteiger partial charge in [0.05, 0.1) is 23.4 Å². The third-order valence-corrected chi connectivity index (χ3v) is 6.41. The predicted octanol–water partition coefficient (Wildman–Crippen LogP) is 4.84. The summed E-state index contributed by atoms with van der Waals surface area (Å²) in [5, 5.41) is 3.72. The first-order chi connectivity index (χ1) is 16.5. The summed E-state index contributed by atoms with van der Waals surface area (Å²) in [5.74, 6) is 0.245. The molecule has 2 heterocycles. The highest BCUT2D eigenvalue weighted by Gasteiger charge is 2.24. The monoisotopic (exact) mass is 481 g/mol. The summed E-state index contributed by atoms with van der Waals surface area (Å²) >= 11 is 1.26. The van der Waals surface area contributed by atoms with Gasteiger partial charge in [0.15, 0.2) is 17.4 Å². The van der Waals surface area contributed by atoms with Crippen molar-refractivity contribution >= 4 is 27.5 Å². The van der Waals surface area contributed by atoms with Gasteiger partial charge >= 0.3 is 0 Å². The second-order valence-corrected chi connectivity index (χ2v) is 8.50. The summed E-state index contributed by atoms with van der Waals surface area (Å²) in [5.41, 5.74) is 1.56. The van der Waals surface area contributed by atoms with Gasteiger partial charge in [0.1, 0.15) is 18.0 Å². The molecule has 0 saturated heterocycles. The van der Waals surface area contributed by atoms with Crippen LogP contribution in [-0.2, 0) is 11.3 Å². The summed E-state index contributed by atoms with van der Waals surface area (Å²) in [6.07, 6.45) is 0. The molecular formula is C25H24FN3O4S. The molecule has 4 aromatic rings. The maximum absolute atomic E-state index is 14.1. The number of nitrogens with one attached hydrogen (secondary N) is 1. The van der Waals surface area contributed by atoms with Crippen molar-refractivity contribution in [1.29, 1.82) is 0 Å². The lowest BCUT2D eigenvalue weighted by Crippen LogP contribution is -2.32. The van der Waals surface area contributed by atoms with Crippen molar-refractivity contribution in [3.8, 4) is 11.6 Å². The third kappa shape index (κ3) is 5.00. The number of hydrogen-bond acceptors (Lipinski definition) is 7. The van der Waals surface area contributed by atoms with Crippen molar-refractivity contribution in [2.45, 2.75) is 19.6 Å². The van der Waals surface area contributed by atoms with Gasteiger partial charge in [-0.05, 0) is 30.2 Å². The van der Waals surface area contributed by atoms with E-state index in [9.17, 15) is 9.18 Å². The second-order valence-electron chi connectivity index (χ2n) is 7.50. The van der Waals surface area contributed by atoms with Crippen molar-refractivity contribution in [3.63, 3.8) is 0 Å². The van der Waals surface area contributed by atoms with E-state index in [1.807, 2.05) is 37.3 Å². The fourth-order valence-corrected chi connectivity index (χ4v) is 4.66. The number of amides is 1. The zero-order valence-corrected chi connectivity index (χ0v) is 19.8. The molecule has 4 rings (SSSR count). The lowest BCUT2D eigenvalue weighted by molar-refractivity contribution is 0.0924. The molecule has 0 fully saturated rings. The van der Waals surface area contributed by atoms with E-state index in [1.54, 1.807) is 25.3 Å². The molecule has 9 heteroatoms. The molecule has 2 aromatic heterocycles. The van der Waals surface area contributed by atoms with E-state index in [0.29, 0.717) is 26.8 Å². The lowest BCUT2D eigenvalue weighted by atomic mass is 10.1. The molecule has 34 heavy (non-hydrogen) atoms. The van der Waals surface area contributed by atoms with E-state index >= 15 is 0 Å². The average molecular weight is 482 g/mol. The molecule has 0 aliphatic carbocycles. The highest BCUT2D eigenvalue weighted by molar-refractivity contribution is 7.20. The van der Waals surface area contributed by atoms with Crippen LogP contribution in [0.25, 0.3) is 10.2 Å². The average Bonchev–Trinajstić information content (AvgIpc) is 3.19. The van der Waals surface area contributed by atoms with Gasteiger partial charge < -0.3 is 19.5 Å². The van der Waals surface area contributed by atoms with Crippen molar-refractivity contribution in [2.75, 3.05) is 20.8 Å². The number of nitrogens with zero attached hydrogens (tertiary/aromatic N) is 2. The molecule has 1 atom stereocenters. The zero-order valence-electron chi connectivity index (χ0n) is 19.0. The Kier molecular flexibility index (Phi) is 7.34. The Hall–Kier alpha value is -3.56. The maximum atomic E-state index is 14.1. The van der Waals surface area contributed by atoms with Crippen LogP contribution in [0, 0.1) is 12.7 Å². The fraction of sp³-hybridized carbons (Fsp3) is 0.240. The Morgan fingerprint density at radius 2 is 1.82 bits per heavy atom. The Morgan fingerprint density at radius 1 is 1.09 bits per heavy atom. The highest BCUT2D eigenvalue weighted by Crippen LogP contribution is 2.35. The van der Waals surface area contributed by atoms with Gasteiger partial charge in [-0.1, -0.05) is 42.5 Å². The van der Waals surface area contributed by atoms with E-state index in [2.05, 4.69) is 15.3 Å². The van der Waals surface area contributed by atoms with Gasteiger partial charge in [-0.25, -0.2) is 9.37 Å². The minimum atomic E-state index is -0.505. The molecule has 0 bridgehead atoms. The molecule has 176 valence electrons. The number of fused-ring (bicyclic) bond motifs is 1. The van der Waals surface area contributed by atoms with Crippen LogP contribution in [0.1, 0.15) is 32.7 Å². The number of para-hydroxylation sites is 1. The molecule has 0 spiro atoms. The summed E-state index contributed by atoms with van der Waals surface area (Å²) in [4.78, 5) is 23.4. The van der Waals surface area contributed by atoms with Crippen LogP contribution >= 0.6 is 11.3 Å². The smallest absolute Gasteiger partial charge is 0.262 e. The minimum Gasteiger partial charge on any atom is -0.488 e. The van der Waals surface area contributed by atoms with Crippen molar-refractivity contribution in [1.82, 2.24) is 15.3 Å². The molecular weight excluding hydrogens is 457 g/mol. The van der Waals surface area contributed by atoms with Crippen LogP contribution in [0.5, 0.6) is 11.6 Å². The first-order valence-electron chi connectivity index (χ1n) is 10.6. The molecule has 1 amide bonds. The van der Waals surface area contributed by atoms with Crippen LogP contribution in [-0.4, -0.2) is 36.7 Å².